The van der Waals surface area contributed by atoms with Crippen LogP contribution < -0.4 is 15.6 Å². The molecule has 41 heavy (non-hydrogen) atoms. The van der Waals surface area contributed by atoms with Gasteiger partial charge >= 0.3 is 0 Å². The van der Waals surface area contributed by atoms with Gasteiger partial charge in [0, 0.05) is 58.8 Å². The van der Waals surface area contributed by atoms with Crippen LogP contribution in [0.4, 0.5) is 17.5 Å². The minimum absolute atomic E-state index is 0.230. The van der Waals surface area contributed by atoms with E-state index in [-0.39, 0.29) is 12.1 Å². The fourth-order valence-corrected chi connectivity index (χ4v) is 5.35. The van der Waals surface area contributed by atoms with Crippen molar-refractivity contribution in [1.29, 1.82) is 0 Å². The van der Waals surface area contributed by atoms with Gasteiger partial charge in [-0.1, -0.05) is 26.0 Å². The van der Waals surface area contributed by atoms with E-state index in [1.54, 1.807) is 41.5 Å². The largest absolute Gasteiger partial charge is 0.493 e. The molecule has 5 rings (SSSR count). The molecule has 1 aliphatic heterocycles. The van der Waals surface area contributed by atoms with Gasteiger partial charge in [0.15, 0.2) is 17.3 Å². The number of likely N-dealkylation sites (N-methyl/N-ethyl adjacent to an activating group) is 1. The van der Waals surface area contributed by atoms with Crippen molar-refractivity contribution in [3.63, 3.8) is 0 Å². The average Bonchev–Trinajstić information content (AvgIpc) is 3.17. The molecule has 216 valence electrons. The molecule has 3 aromatic heterocycles. The number of hydrogen-bond donors (Lipinski definition) is 1. The molecular formula is C29H36N8O3S. The second-order valence-corrected chi connectivity index (χ2v) is 13.5. The Morgan fingerprint density at radius 2 is 2.05 bits per heavy atom. The molecule has 12 heteroatoms. The monoisotopic (exact) mass is 576 g/mol. The third-order valence-corrected chi connectivity index (χ3v) is 7.17. The molecule has 4 aromatic rings. The number of pyridine rings is 1. The maximum absolute atomic E-state index is 13.3. The standard InChI is InChI=1S/C29H36N8O3S/c1-7-12-36-28(38)23-16-30-29(33-27(23)37(36)26-10-8-9-25(32-26)34-41(5,6)39)31-21-14-20-17-35(4)13-11-22(20)24(15-21)40-18-19(2)3/h7-10,14-16,19H,1,11-13,17-18H2,2-6H3,(H,30,31,33). The van der Waals surface area contributed by atoms with Crippen LogP contribution in [-0.4, -0.2) is 66.1 Å². The molecular weight excluding hydrogens is 540 g/mol. The normalized spacial score (nSPS) is 13.8. The first-order chi connectivity index (χ1) is 19.5. The van der Waals surface area contributed by atoms with Crippen LogP contribution in [0.1, 0.15) is 25.0 Å². The Labute approximate surface area is 240 Å². The summed E-state index contributed by atoms with van der Waals surface area (Å²) >= 11 is 0. The van der Waals surface area contributed by atoms with Crippen LogP contribution >= 0.6 is 0 Å². The van der Waals surface area contributed by atoms with E-state index in [1.807, 2.05) is 6.07 Å². The van der Waals surface area contributed by atoms with Crippen LogP contribution in [0, 0.1) is 5.92 Å². The molecule has 0 amide bonds. The third kappa shape index (κ3) is 6.33. The van der Waals surface area contributed by atoms with E-state index in [0.717, 1.165) is 30.9 Å². The van der Waals surface area contributed by atoms with Crippen LogP contribution in [0.3, 0.4) is 0 Å². The zero-order valence-corrected chi connectivity index (χ0v) is 24.9. The molecule has 1 aromatic carbocycles. The van der Waals surface area contributed by atoms with Crippen LogP contribution in [0.15, 0.2) is 58.3 Å². The molecule has 0 saturated carbocycles. The lowest BCUT2D eigenvalue weighted by atomic mass is 9.98. The minimum Gasteiger partial charge on any atom is -0.493 e. The van der Waals surface area contributed by atoms with Crippen molar-refractivity contribution in [2.75, 3.05) is 38.0 Å². The highest BCUT2D eigenvalue weighted by Gasteiger charge is 2.21. The third-order valence-electron chi connectivity index (χ3n) is 6.54. The van der Waals surface area contributed by atoms with Crippen LogP contribution in [0.2, 0.25) is 0 Å². The van der Waals surface area contributed by atoms with E-state index in [0.29, 0.717) is 41.1 Å². The van der Waals surface area contributed by atoms with Gasteiger partial charge in [-0.15, -0.1) is 6.58 Å². The Bertz CT molecular complexity index is 1790. The van der Waals surface area contributed by atoms with Gasteiger partial charge in [0.1, 0.15) is 11.1 Å². The van der Waals surface area contributed by atoms with Crippen molar-refractivity contribution >= 4 is 38.2 Å². The zero-order valence-electron chi connectivity index (χ0n) is 24.1. The number of hydrogen-bond acceptors (Lipinski definition) is 9. The first-order valence-corrected chi connectivity index (χ1v) is 15.8. The van der Waals surface area contributed by atoms with E-state index in [1.165, 1.54) is 22.0 Å². The minimum atomic E-state index is -2.43. The van der Waals surface area contributed by atoms with E-state index in [2.05, 4.69) is 58.1 Å². The number of nitrogens with one attached hydrogen (secondary N) is 1. The molecule has 11 nitrogen and oxygen atoms in total. The number of aromatic nitrogens is 5. The zero-order chi connectivity index (χ0) is 29.3. The molecule has 0 aliphatic carbocycles. The molecule has 0 radical (unpaired) electrons. The molecule has 0 spiro atoms. The van der Waals surface area contributed by atoms with Crippen molar-refractivity contribution < 1.29 is 8.95 Å². The van der Waals surface area contributed by atoms with Crippen molar-refractivity contribution in [2.24, 2.45) is 10.3 Å². The van der Waals surface area contributed by atoms with Gasteiger partial charge in [0.25, 0.3) is 5.56 Å². The van der Waals surface area contributed by atoms with E-state index in [4.69, 9.17) is 9.72 Å². The Morgan fingerprint density at radius 3 is 2.78 bits per heavy atom. The Morgan fingerprint density at radius 1 is 1.24 bits per heavy atom. The molecule has 0 unspecified atom stereocenters. The lowest BCUT2D eigenvalue weighted by Crippen LogP contribution is -2.27. The summed E-state index contributed by atoms with van der Waals surface area (Å²) in [6, 6.07) is 9.28. The maximum Gasteiger partial charge on any atom is 0.278 e. The summed E-state index contributed by atoms with van der Waals surface area (Å²) in [5.74, 6) is 2.31. The van der Waals surface area contributed by atoms with Gasteiger partial charge in [-0.3, -0.25) is 4.79 Å². The number of fused-ring (bicyclic) bond motifs is 2. The van der Waals surface area contributed by atoms with Gasteiger partial charge in [0.05, 0.1) is 13.2 Å². The molecule has 0 saturated heterocycles. The lowest BCUT2D eigenvalue weighted by Gasteiger charge is -2.27. The highest BCUT2D eigenvalue weighted by atomic mass is 32.2. The highest BCUT2D eigenvalue weighted by molar-refractivity contribution is 7.92. The number of rotatable bonds is 9. The summed E-state index contributed by atoms with van der Waals surface area (Å²) in [6.07, 6.45) is 7.16. The Kier molecular flexibility index (Phi) is 7.96. The summed E-state index contributed by atoms with van der Waals surface area (Å²) in [5, 5.41) is 3.67. The van der Waals surface area contributed by atoms with E-state index < -0.39 is 9.73 Å². The highest BCUT2D eigenvalue weighted by Crippen LogP contribution is 2.33. The van der Waals surface area contributed by atoms with E-state index in [9.17, 15) is 9.00 Å². The van der Waals surface area contributed by atoms with Crippen molar-refractivity contribution in [2.45, 2.75) is 33.4 Å². The summed E-state index contributed by atoms with van der Waals surface area (Å²) in [4.78, 5) is 29.4. The first kappa shape index (κ1) is 28.5. The molecule has 1 aliphatic rings. The van der Waals surface area contributed by atoms with Crippen LogP contribution in [-0.2, 0) is 29.2 Å². The van der Waals surface area contributed by atoms with Crippen molar-refractivity contribution in [3.05, 3.63) is 70.7 Å². The fraction of sp³-hybridized carbons (Fsp3) is 0.379. The van der Waals surface area contributed by atoms with Gasteiger partial charge in [-0.25, -0.2) is 23.5 Å². The second kappa shape index (κ2) is 11.5. The predicted molar refractivity (Wildman–Crippen MR) is 163 cm³/mol. The quantitative estimate of drug-likeness (QED) is 0.293. The predicted octanol–water partition coefficient (Wildman–Crippen LogP) is 4.29. The second-order valence-electron chi connectivity index (χ2n) is 11.0. The molecule has 0 bridgehead atoms. The van der Waals surface area contributed by atoms with Crippen molar-refractivity contribution in [1.82, 2.24) is 29.2 Å². The summed E-state index contributed by atoms with van der Waals surface area (Å²) in [5.41, 5.74) is 3.34. The van der Waals surface area contributed by atoms with Crippen LogP contribution in [0.25, 0.3) is 16.9 Å². The van der Waals surface area contributed by atoms with Crippen molar-refractivity contribution in [3.8, 4) is 11.6 Å². The van der Waals surface area contributed by atoms with Gasteiger partial charge in [-0.2, -0.15) is 9.35 Å². The van der Waals surface area contributed by atoms with Crippen LogP contribution in [0.5, 0.6) is 5.75 Å². The Balaban J connectivity index is 1.60. The topological polar surface area (TPSA) is 120 Å². The number of allylic oxidation sites excluding steroid dienone is 1. The average molecular weight is 577 g/mol. The molecule has 0 atom stereocenters. The van der Waals surface area contributed by atoms with Gasteiger partial charge < -0.3 is 15.0 Å². The SMILES string of the molecule is C=CCn1c(=O)c2cnc(Nc3cc4c(c(OCC(C)C)c3)CCN(C)C4)nc2n1-c1cccc(N=S(C)(C)=O)n1. The van der Waals surface area contributed by atoms with Gasteiger partial charge in [-0.05, 0) is 43.1 Å². The number of anilines is 2. The maximum atomic E-state index is 13.3. The number of ether oxygens (including phenoxy) is 1. The Hall–Kier alpha value is -4.03. The molecule has 4 heterocycles. The summed E-state index contributed by atoms with van der Waals surface area (Å²) in [7, 11) is -0.320. The van der Waals surface area contributed by atoms with E-state index >= 15 is 0 Å². The fourth-order valence-electron chi connectivity index (χ4n) is 4.80. The lowest BCUT2D eigenvalue weighted by molar-refractivity contribution is 0.260. The molecule has 1 N–H and O–H groups in total. The summed E-state index contributed by atoms with van der Waals surface area (Å²) in [6.45, 7) is 10.7. The first-order valence-electron chi connectivity index (χ1n) is 13.5. The number of benzene rings is 1. The number of nitrogens with zero attached hydrogens (tertiary/aromatic N) is 7. The van der Waals surface area contributed by atoms with Gasteiger partial charge in [0.2, 0.25) is 5.95 Å². The smallest absolute Gasteiger partial charge is 0.278 e. The summed E-state index contributed by atoms with van der Waals surface area (Å²) < 4.78 is 25.9. The molecule has 0 fully saturated rings.